The molecule has 1 saturated heterocycles. The third kappa shape index (κ3) is 5.50. The summed E-state index contributed by atoms with van der Waals surface area (Å²) >= 11 is 12.4. The van der Waals surface area contributed by atoms with Crippen LogP contribution in [0, 0.1) is 0 Å². The molecule has 0 radical (unpaired) electrons. The summed E-state index contributed by atoms with van der Waals surface area (Å²) in [6.45, 7) is 0.801. The van der Waals surface area contributed by atoms with Crippen molar-refractivity contribution in [2.75, 3.05) is 46.4 Å². The van der Waals surface area contributed by atoms with Crippen LogP contribution in [0.1, 0.15) is 28.8 Å². The minimum absolute atomic E-state index is 0.000538. The Labute approximate surface area is 204 Å². The van der Waals surface area contributed by atoms with Crippen LogP contribution in [0.15, 0.2) is 30.3 Å². The van der Waals surface area contributed by atoms with E-state index in [9.17, 15) is 13.2 Å². The number of carbonyl (C=O) groups excluding carboxylic acids is 1. The fraction of sp³-hybridized carbons (Fsp3) is 0.435. The number of rotatable bonds is 8. The van der Waals surface area contributed by atoms with Crippen molar-refractivity contribution in [1.82, 2.24) is 4.90 Å². The number of methoxy groups -OCH3 is 3. The SMILES string of the molecule is COc1cc(C(=O)N2CCC(CCS(C)(=O)=O)(c3ccc(Cl)c(Cl)c3)C2)cc(OC)c1OC. The number of halogens is 2. The van der Waals surface area contributed by atoms with Gasteiger partial charge in [0.25, 0.3) is 5.91 Å². The minimum Gasteiger partial charge on any atom is -0.493 e. The molecule has 10 heteroatoms. The highest BCUT2D eigenvalue weighted by atomic mass is 35.5. The molecular formula is C23H27Cl2NO6S. The summed E-state index contributed by atoms with van der Waals surface area (Å²) in [7, 11) is 1.27. The maximum atomic E-state index is 13.4. The number of likely N-dealkylation sites (tertiary alicyclic amines) is 1. The van der Waals surface area contributed by atoms with E-state index in [-0.39, 0.29) is 11.7 Å². The van der Waals surface area contributed by atoms with Crippen molar-refractivity contribution in [1.29, 1.82) is 0 Å². The average molecular weight is 516 g/mol. The Kier molecular flexibility index (Phi) is 7.71. The van der Waals surface area contributed by atoms with Gasteiger partial charge in [-0.25, -0.2) is 8.42 Å². The molecule has 0 aromatic heterocycles. The van der Waals surface area contributed by atoms with Crippen molar-refractivity contribution in [3.8, 4) is 17.2 Å². The van der Waals surface area contributed by atoms with Gasteiger partial charge in [0.05, 0.1) is 37.1 Å². The molecule has 2 aromatic carbocycles. The van der Waals surface area contributed by atoms with Crippen LogP contribution >= 0.6 is 23.2 Å². The molecule has 0 saturated carbocycles. The molecule has 0 aliphatic carbocycles. The standard InChI is InChI=1S/C23H27Cl2NO6S/c1-30-19-11-15(12-20(31-2)21(19)32-3)22(27)26-9-7-23(14-26,8-10-33(4,28)29)16-5-6-17(24)18(25)13-16/h5-6,11-13H,7-10,14H2,1-4H3. The molecule has 33 heavy (non-hydrogen) atoms. The van der Waals surface area contributed by atoms with Gasteiger partial charge in [0, 0.05) is 30.3 Å². The molecule has 180 valence electrons. The van der Waals surface area contributed by atoms with Crippen LogP contribution in [0.5, 0.6) is 17.2 Å². The van der Waals surface area contributed by atoms with E-state index in [0.29, 0.717) is 58.8 Å². The number of sulfone groups is 1. The second-order valence-corrected chi connectivity index (χ2v) is 11.3. The Bertz CT molecular complexity index is 1130. The Morgan fingerprint density at radius 3 is 2.18 bits per heavy atom. The smallest absolute Gasteiger partial charge is 0.254 e. The highest BCUT2D eigenvalue weighted by Gasteiger charge is 2.42. The van der Waals surface area contributed by atoms with Crippen molar-refractivity contribution < 1.29 is 27.4 Å². The lowest BCUT2D eigenvalue weighted by atomic mass is 9.77. The number of carbonyl (C=O) groups is 1. The number of ether oxygens (including phenoxy) is 3. The lowest BCUT2D eigenvalue weighted by molar-refractivity contribution is 0.0782. The van der Waals surface area contributed by atoms with Gasteiger partial charge in [0.2, 0.25) is 5.75 Å². The molecule has 0 spiro atoms. The Hall–Kier alpha value is -2.16. The molecule has 2 aromatic rings. The van der Waals surface area contributed by atoms with Crippen LogP contribution in [0.4, 0.5) is 0 Å². The molecule has 0 bridgehead atoms. The van der Waals surface area contributed by atoms with E-state index in [1.807, 2.05) is 6.07 Å². The summed E-state index contributed by atoms with van der Waals surface area (Å²) in [5, 5.41) is 0.810. The molecule has 3 rings (SSSR count). The third-order valence-electron chi connectivity index (χ3n) is 6.04. The van der Waals surface area contributed by atoms with Gasteiger partial charge in [-0.15, -0.1) is 0 Å². The van der Waals surface area contributed by atoms with E-state index in [2.05, 4.69) is 0 Å². The molecule has 1 atom stereocenters. The van der Waals surface area contributed by atoms with Crippen LogP contribution < -0.4 is 14.2 Å². The molecule has 1 fully saturated rings. The minimum atomic E-state index is -3.20. The first-order chi connectivity index (χ1) is 15.5. The summed E-state index contributed by atoms with van der Waals surface area (Å²) in [6.07, 6.45) is 2.17. The maximum Gasteiger partial charge on any atom is 0.254 e. The van der Waals surface area contributed by atoms with Crippen LogP contribution in [-0.2, 0) is 15.3 Å². The normalized spacial score (nSPS) is 18.3. The molecule has 0 N–H and O–H groups in total. The van der Waals surface area contributed by atoms with Crippen molar-refractivity contribution in [2.24, 2.45) is 0 Å². The second-order valence-electron chi connectivity index (χ2n) is 8.18. The average Bonchev–Trinajstić information content (AvgIpc) is 3.23. The molecule has 7 nitrogen and oxygen atoms in total. The zero-order valence-corrected chi connectivity index (χ0v) is 21.3. The second kappa shape index (κ2) is 9.99. The van der Waals surface area contributed by atoms with Gasteiger partial charge in [-0.2, -0.15) is 0 Å². The van der Waals surface area contributed by atoms with Gasteiger partial charge in [-0.1, -0.05) is 29.3 Å². The molecule has 1 aliphatic rings. The molecular weight excluding hydrogens is 489 g/mol. The molecule has 1 heterocycles. The van der Waals surface area contributed by atoms with Crippen LogP contribution in [0.25, 0.3) is 0 Å². The van der Waals surface area contributed by atoms with Crippen LogP contribution in [0.2, 0.25) is 10.0 Å². The van der Waals surface area contributed by atoms with Gasteiger partial charge < -0.3 is 19.1 Å². The topological polar surface area (TPSA) is 82.1 Å². The fourth-order valence-corrected chi connectivity index (χ4v) is 5.28. The highest BCUT2D eigenvalue weighted by molar-refractivity contribution is 7.90. The predicted molar refractivity (Wildman–Crippen MR) is 129 cm³/mol. The number of hydrogen-bond donors (Lipinski definition) is 0. The monoisotopic (exact) mass is 515 g/mol. The molecule has 1 unspecified atom stereocenters. The molecule has 1 amide bonds. The summed E-state index contributed by atoms with van der Waals surface area (Å²) < 4.78 is 40.0. The lowest BCUT2D eigenvalue weighted by Gasteiger charge is -2.30. The van der Waals surface area contributed by atoms with Crippen molar-refractivity contribution >= 4 is 38.9 Å². The summed E-state index contributed by atoms with van der Waals surface area (Å²) in [5.74, 6) is 0.950. The maximum absolute atomic E-state index is 13.4. The van der Waals surface area contributed by atoms with Gasteiger partial charge in [-0.05, 0) is 42.7 Å². The van der Waals surface area contributed by atoms with Gasteiger partial charge in [0.1, 0.15) is 9.84 Å². The van der Waals surface area contributed by atoms with E-state index < -0.39 is 15.3 Å². The van der Waals surface area contributed by atoms with E-state index >= 15 is 0 Å². The van der Waals surface area contributed by atoms with Crippen LogP contribution in [0.3, 0.4) is 0 Å². The third-order valence-corrected chi connectivity index (χ3v) is 7.72. The van der Waals surface area contributed by atoms with Gasteiger partial charge in [-0.3, -0.25) is 4.79 Å². The molecule has 1 aliphatic heterocycles. The van der Waals surface area contributed by atoms with E-state index in [1.54, 1.807) is 29.2 Å². The Morgan fingerprint density at radius 1 is 1.03 bits per heavy atom. The first kappa shape index (κ1) is 25.5. The lowest BCUT2D eigenvalue weighted by Crippen LogP contribution is -2.36. The van der Waals surface area contributed by atoms with Gasteiger partial charge >= 0.3 is 0 Å². The van der Waals surface area contributed by atoms with Crippen molar-refractivity contribution in [3.63, 3.8) is 0 Å². The predicted octanol–water partition coefficient (Wildman–Crippen LogP) is 4.24. The van der Waals surface area contributed by atoms with E-state index in [1.165, 1.54) is 27.6 Å². The summed E-state index contributed by atoms with van der Waals surface area (Å²) in [6, 6.07) is 8.54. The van der Waals surface area contributed by atoms with E-state index in [0.717, 1.165) is 5.56 Å². The summed E-state index contributed by atoms with van der Waals surface area (Å²) in [4.78, 5) is 15.1. The first-order valence-electron chi connectivity index (χ1n) is 10.3. The quantitative estimate of drug-likeness (QED) is 0.522. The number of nitrogens with zero attached hydrogens (tertiary/aromatic N) is 1. The number of amides is 1. The summed E-state index contributed by atoms with van der Waals surface area (Å²) in [5.41, 5.74) is 0.687. The number of hydrogen-bond acceptors (Lipinski definition) is 6. The largest absolute Gasteiger partial charge is 0.493 e. The first-order valence-corrected chi connectivity index (χ1v) is 13.1. The highest BCUT2D eigenvalue weighted by Crippen LogP contribution is 2.42. The fourth-order valence-electron chi connectivity index (χ4n) is 4.22. The zero-order chi connectivity index (χ0) is 24.4. The van der Waals surface area contributed by atoms with Crippen LogP contribution in [-0.4, -0.2) is 65.7 Å². The number of benzene rings is 2. The Balaban J connectivity index is 1.96. The zero-order valence-electron chi connectivity index (χ0n) is 19.0. The van der Waals surface area contributed by atoms with Crippen molar-refractivity contribution in [3.05, 3.63) is 51.5 Å². The van der Waals surface area contributed by atoms with E-state index in [4.69, 9.17) is 37.4 Å². The Morgan fingerprint density at radius 2 is 1.67 bits per heavy atom. The van der Waals surface area contributed by atoms with Gasteiger partial charge in [0.15, 0.2) is 11.5 Å². The van der Waals surface area contributed by atoms with Crippen molar-refractivity contribution in [2.45, 2.75) is 18.3 Å².